The summed E-state index contributed by atoms with van der Waals surface area (Å²) in [6.07, 6.45) is 0.875. The maximum Gasteiger partial charge on any atom is 0.233 e. The van der Waals surface area contributed by atoms with E-state index in [2.05, 4.69) is 0 Å². The fourth-order valence-corrected chi connectivity index (χ4v) is 2.19. The van der Waals surface area contributed by atoms with Crippen molar-refractivity contribution >= 4 is 11.6 Å². The Labute approximate surface area is 117 Å². The number of epoxide rings is 1. The van der Waals surface area contributed by atoms with Crippen LogP contribution in [0.1, 0.15) is 26.3 Å². The Kier molecular flexibility index (Phi) is 3.44. The molecular weight excluding hydrogens is 252 g/mol. The van der Waals surface area contributed by atoms with Crippen LogP contribution in [0.2, 0.25) is 0 Å². The molecule has 3 rings (SSSR count). The Bertz CT molecular complexity index is 642. The van der Waals surface area contributed by atoms with Gasteiger partial charge in [-0.1, -0.05) is 54.6 Å². The second-order valence-corrected chi connectivity index (χ2v) is 4.84. The lowest BCUT2D eigenvalue weighted by atomic mass is 9.95. The second kappa shape index (κ2) is 5.39. The summed E-state index contributed by atoms with van der Waals surface area (Å²) < 4.78 is 5.20. The van der Waals surface area contributed by atoms with Crippen molar-refractivity contribution in [3.63, 3.8) is 0 Å². The summed E-state index contributed by atoms with van der Waals surface area (Å²) in [6.45, 7) is 0.731. The number of carbonyl (C=O) groups excluding carboxylic acids is 2. The third kappa shape index (κ3) is 2.68. The van der Waals surface area contributed by atoms with Crippen LogP contribution in [0.3, 0.4) is 0 Å². The normalized spacial score (nSPS) is 16.7. The van der Waals surface area contributed by atoms with E-state index in [1.165, 1.54) is 0 Å². The molecule has 0 saturated carbocycles. The topological polar surface area (TPSA) is 46.7 Å². The van der Waals surface area contributed by atoms with Crippen LogP contribution in [0.5, 0.6) is 0 Å². The molecule has 0 N–H and O–H groups in total. The molecule has 1 unspecified atom stereocenters. The lowest BCUT2D eigenvalue weighted by Gasteiger charge is -2.06. The van der Waals surface area contributed by atoms with Crippen LogP contribution < -0.4 is 0 Å². The van der Waals surface area contributed by atoms with Crippen molar-refractivity contribution < 1.29 is 14.3 Å². The van der Waals surface area contributed by atoms with Gasteiger partial charge in [-0.15, -0.1) is 0 Å². The Morgan fingerprint density at radius 3 is 2.30 bits per heavy atom. The molecule has 20 heavy (non-hydrogen) atoms. The molecule has 0 aromatic heterocycles. The Hall–Kier alpha value is -2.26. The minimum atomic E-state index is -0.463. The highest BCUT2D eigenvalue weighted by molar-refractivity contribution is 6.49. The molecule has 0 radical (unpaired) electrons. The van der Waals surface area contributed by atoms with Crippen molar-refractivity contribution in [3.8, 4) is 0 Å². The van der Waals surface area contributed by atoms with Gasteiger partial charge in [0.2, 0.25) is 11.6 Å². The van der Waals surface area contributed by atoms with E-state index in [1.807, 2.05) is 18.2 Å². The average molecular weight is 266 g/mol. The molecule has 2 aromatic rings. The van der Waals surface area contributed by atoms with Crippen LogP contribution in [0.25, 0.3) is 0 Å². The predicted molar refractivity (Wildman–Crippen MR) is 75.0 cm³/mol. The first-order valence-electron chi connectivity index (χ1n) is 6.59. The molecule has 0 aliphatic carbocycles. The van der Waals surface area contributed by atoms with E-state index in [1.54, 1.807) is 36.4 Å². The molecule has 2 aromatic carbocycles. The molecule has 3 heteroatoms. The van der Waals surface area contributed by atoms with Crippen molar-refractivity contribution in [1.82, 2.24) is 0 Å². The monoisotopic (exact) mass is 266 g/mol. The van der Waals surface area contributed by atoms with Crippen molar-refractivity contribution in [1.29, 1.82) is 0 Å². The second-order valence-electron chi connectivity index (χ2n) is 4.84. The molecule has 1 saturated heterocycles. The van der Waals surface area contributed by atoms with E-state index in [4.69, 9.17) is 4.74 Å². The van der Waals surface area contributed by atoms with Crippen LogP contribution in [0.15, 0.2) is 54.6 Å². The first kappa shape index (κ1) is 12.8. The lowest BCUT2D eigenvalue weighted by Crippen LogP contribution is -2.16. The van der Waals surface area contributed by atoms with Crippen molar-refractivity contribution in [2.45, 2.75) is 12.5 Å². The molecule has 1 fully saturated rings. The number of benzene rings is 2. The molecule has 1 atom stereocenters. The highest BCUT2D eigenvalue weighted by Gasteiger charge is 2.26. The molecule has 1 heterocycles. The molecule has 100 valence electrons. The van der Waals surface area contributed by atoms with Crippen LogP contribution in [0, 0.1) is 0 Å². The molecule has 0 bridgehead atoms. The van der Waals surface area contributed by atoms with E-state index in [0.29, 0.717) is 17.5 Å². The number of Topliss-reactive ketones (excluding diaryl/α,β-unsaturated/α-hetero) is 2. The molecule has 3 nitrogen and oxygen atoms in total. The van der Waals surface area contributed by atoms with E-state index in [-0.39, 0.29) is 6.10 Å². The van der Waals surface area contributed by atoms with Crippen LogP contribution in [-0.4, -0.2) is 24.3 Å². The molecule has 0 spiro atoms. The van der Waals surface area contributed by atoms with Crippen molar-refractivity contribution in [3.05, 3.63) is 71.3 Å². The number of ether oxygens (including phenoxy) is 1. The van der Waals surface area contributed by atoms with Gasteiger partial charge >= 0.3 is 0 Å². The first-order valence-corrected chi connectivity index (χ1v) is 6.59. The highest BCUT2D eigenvalue weighted by Crippen LogP contribution is 2.20. The van der Waals surface area contributed by atoms with E-state index >= 15 is 0 Å². The SMILES string of the molecule is O=C(C(=O)c1ccccc1CC1CO1)c1ccccc1. The van der Waals surface area contributed by atoms with Crippen molar-refractivity contribution in [2.75, 3.05) is 6.61 Å². The van der Waals surface area contributed by atoms with Gasteiger partial charge in [0.15, 0.2) is 0 Å². The van der Waals surface area contributed by atoms with Crippen LogP contribution >= 0.6 is 0 Å². The Morgan fingerprint density at radius 1 is 0.950 bits per heavy atom. The zero-order chi connectivity index (χ0) is 13.9. The summed E-state index contributed by atoms with van der Waals surface area (Å²) in [6, 6.07) is 15.9. The number of carbonyl (C=O) groups is 2. The predicted octanol–water partition coefficient (Wildman–Crippen LogP) is 2.69. The fraction of sp³-hybridized carbons (Fsp3) is 0.176. The van der Waals surface area contributed by atoms with Gasteiger partial charge in [0, 0.05) is 17.5 Å². The highest BCUT2D eigenvalue weighted by atomic mass is 16.6. The molecule has 0 amide bonds. The molecule has 1 aliphatic heterocycles. The van der Waals surface area contributed by atoms with Gasteiger partial charge in [-0.25, -0.2) is 0 Å². The maximum atomic E-state index is 12.4. The number of ketones is 2. The lowest BCUT2D eigenvalue weighted by molar-refractivity contribution is 0.0816. The molecule has 1 aliphatic rings. The van der Waals surface area contributed by atoms with Gasteiger partial charge in [0.1, 0.15) is 0 Å². The van der Waals surface area contributed by atoms with Gasteiger partial charge in [0.25, 0.3) is 0 Å². The maximum absolute atomic E-state index is 12.4. The van der Waals surface area contributed by atoms with Gasteiger partial charge in [-0.3, -0.25) is 9.59 Å². The number of hydrogen-bond donors (Lipinski definition) is 0. The minimum absolute atomic E-state index is 0.191. The summed E-state index contributed by atoms with van der Waals surface area (Å²) in [5.41, 5.74) is 1.79. The summed E-state index contributed by atoms with van der Waals surface area (Å²) >= 11 is 0. The smallest absolute Gasteiger partial charge is 0.233 e. The third-order valence-corrected chi connectivity index (χ3v) is 3.35. The fourth-order valence-electron chi connectivity index (χ4n) is 2.19. The van der Waals surface area contributed by atoms with E-state index < -0.39 is 11.6 Å². The third-order valence-electron chi connectivity index (χ3n) is 3.35. The summed E-state index contributed by atoms with van der Waals surface area (Å²) in [5, 5.41) is 0. The quantitative estimate of drug-likeness (QED) is 0.475. The minimum Gasteiger partial charge on any atom is -0.373 e. The zero-order valence-electron chi connectivity index (χ0n) is 10.9. The van der Waals surface area contributed by atoms with E-state index in [9.17, 15) is 9.59 Å². The zero-order valence-corrected chi connectivity index (χ0v) is 10.9. The Morgan fingerprint density at radius 2 is 1.60 bits per heavy atom. The summed E-state index contributed by atoms with van der Waals surface area (Å²) in [4.78, 5) is 24.6. The van der Waals surface area contributed by atoms with Gasteiger partial charge in [-0.2, -0.15) is 0 Å². The first-order chi connectivity index (χ1) is 9.75. The van der Waals surface area contributed by atoms with E-state index in [0.717, 1.165) is 12.2 Å². The van der Waals surface area contributed by atoms with Gasteiger partial charge in [0.05, 0.1) is 12.7 Å². The molecular formula is C17H14O3. The Balaban J connectivity index is 1.88. The average Bonchev–Trinajstić information content (AvgIpc) is 3.31. The summed E-state index contributed by atoms with van der Waals surface area (Å²) in [5.74, 6) is -0.915. The van der Waals surface area contributed by atoms with Gasteiger partial charge in [-0.05, 0) is 5.56 Å². The van der Waals surface area contributed by atoms with Crippen molar-refractivity contribution in [2.24, 2.45) is 0 Å². The summed E-state index contributed by atoms with van der Waals surface area (Å²) in [7, 11) is 0. The number of hydrogen-bond acceptors (Lipinski definition) is 3. The van der Waals surface area contributed by atoms with Gasteiger partial charge < -0.3 is 4.74 Å². The number of rotatable bonds is 5. The standard InChI is InChI=1S/C17H14O3/c18-16(12-6-2-1-3-7-12)17(19)15-9-5-4-8-13(15)10-14-11-20-14/h1-9,14H,10-11H2. The largest absolute Gasteiger partial charge is 0.373 e. The van der Waals surface area contributed by atoms with Crippen LogP contribution in [-0.2, 0) is 11.2 Å². The van der Waals surface area contributed by atoms with Crippen LogP contribution in [0.4, 0.5) is 0 Å².